The fraction of sp³-hybridized carbons (Fsp3) is 0.818. The maximum absolute atomic E-state index is 5.70. The van der Waals surface area contributed by atoms with Crippen molar-refractivity contribution in [3.05, 3.63) is 11.6 Å². The second-order valence-electron chi connectivity index (χ2n) is 4.76. The Morgan fingerprint density at radius 3 is 2.47 bits per heavy atom. The third-order valence-electron chi connectivity index (χ3n) is 3.61. The van der Waals surface area contributed by atoms with Crippen molar-refractivity contribution in [1.29, 1.82) is 0 Å². The molecular weight excluding hydrogens is 188 g/mol. The van der Waals surface area contributed by atoms with Crippen molar-refractivity contribution in [1.82, 2.24) is 14.8 Å². The molecule has 4 nitrogen and oxygen atoms in total. The lowest BCUT2D eigenvalue weighted by molar-refractivity contribution is 0.577. The van der Waals surface area contributed by atoms with Gasteiger partial charge in [-0.2, -0.15) is 0 Å². The topological polar surface area (TPSA) is 56.7 Å². The lowest BCUT2D eigenvalue weighted by atomic mass is 10.1. The van der Waals surface area contributed by atoms with Crippen LogP contribution in [0, 0.1) is 0 Å². The number of hydrogen-bond acceptors (Lipinski definition) is 3. The average molecular weight is 206 g/mol. The molecule has 82 valence electrons. The Kier molecular flexibility index (Phi) is 2.24. The van der Waals surface area contributed by atoms with Crippen LogP contribution in [0.15, 0.2) is 0 Å². The van der Waals surface area contributed by atoms with Crippen LogP contribution in [0.3, 0.4) is 0 Å². The molecule has 1 aromatic rings. The molecule has 0 spiro atoms. The van der Waals surface area contributed by atoms with Gasteiger partial charge in [0.05, 0.1) is 6.54 Å². The number of rotatable bonds is 3. The maximum atomic E-state index is 5.70. The lowest BCUT2D eigenvalue weighted by Crippen LogP contribution is -2.11. The summed E-state index contributed by atoms with van der Waals surface area (Å²) in [6, 6.07) is 0.661. The van der Waals surface area contributed by atoms with Crippen LogP contribution in [0.25, 0.3) is 0 Å². The van der Waals surface area contributed by atoms with Gasteiger partial charge >= 0.3 is 0 Å². The molecule has 0 atom stereocenters. The van der Waals surface area contributed by atoms with Crippen molar-refractivity contribution in [3.8, 4) is 0 Å². The van der Waals surface area contributed by atoms with Gasteiger partial charge in [0.15, 0.2) is 0 Å². The Morgan fingerprint density at radius 2 is 1.87 bits per heavy atom. The van der Waals surface area contributed by atoms with Crippen molar-refractivity contribution in [2.75, 3.05) is 0 Å². The predicted molar refractivity (Wildman–Crippen MR) is 57.4 cm³/mol. The summed E-state index contributed by atoms with van der Waals surface area (Å²) in [7, 11) is 0. The Labute approximate surface area is 89.9 Å². The number of nitrogens with zero attached hydrogens (tertiary/aromatic N) is 3. The zero-order chi connectivity index (χ0) is 10.3. The summed E-state index contributed by atoms with van der Waals surface area (Å²) >= 11 is 0. The first kappa shape index (κ1) is 9.33. The molecule has 2 fully saturated rings. The first-order valence-electron chi connectivity index (χ1n) is 6.04. The van der Waals surface area contributed by atoms with E-state index >= 15 is 0 Å². The summed E-state index contributed by atoms with van der Waals surface area (Å²) in [5.41, 5.74) is 5.70. The van der Waals surface area contributed by atoms with Crippen molar-refractivity contribution in [3.63, 3.8) is 0 Å². The fourth-order valence-corrected chi connectivity index (χ4v) is 2.67. The third kappa shape index (κ3) is 1.57. The minimum absolute atomic E-state index is 0.524. The molecule has 4 heteroatoms. The van der Waals surface area contributed by atoms with Gasteiger partial charge in [-0.05, 0) is 25.7 Å². The van der Waals surface area contributed by atoms with Crippen LogP contribution in [-0.4, -0.2) is 14.8 Å². The second-order valence-corrected chi connectivity index (χ2v) is 4.76. The van der Waals surface area contributed by atoms with E-state index in [0.29, 0.717) is 18.5 Å². The maximum Gasteiger partial charge on any atom is 0.147 e. The van der Waals surface area contributed by atoms with E-state index < -0.39 is 0 Å². The van der Waals surface area contributed by atoms with Crippen molar-refractivity contribution < 1.29 is 0 Å². The second kappa shape index (κ2) is 3.59. The normalized spacial score (nSPS) is 22.5. The molecule has 2 aliphatic carbocycles. The highest BCUT2D eigenvalue weighted by Gasteiger charge is 2.32. The minimum atomic E-state index is 0.524. The Hall–Kier alpha value is -0.900. The molecule has 1 aromatic heterocycles. The van der Waals surface area contributed by atoms with Gasteiger partial charge in [-0.15, -0.1) is 10.2 Å². The zero-order valence-corrected chi connectivity index (χ0v) is 9.02. The van der Waals surface area contributed by atoms with Gasteiger partial charge in [0.25, 0.3) is 0 Å². The van der Waals surface area contributed by atoms with Gasteiger partial charge in [0, 0.05) is 12.0 Å². The smallest absolute Gasteiger partial charge is 0.147 e. The van der Waals surface area contributed by atoms with Crippen LogP contribution in [0.1, 0.15) is 62.1 Å². The lowest BCUT2D eigenvalue weighted by Gasteiger charge is -2.12. The zero-order valence-electron chi connectivity index (χ0n) is 9.02. The Bertz CT molecular complexity index is 347. The Morgan fingerprint density at radius 1 is 1.13 bits per heavy atom. The van der Waals surface area contributed by atoms with Crippen LogP contribution >= 0.6 is 0 Å². The quantitative estimate of drug-likeness (QED) is 0.819. The number of nitrogens with two attached hydrogens (primary N) is 1. The summed E-state index contributed by atoms with van der Waals surface area (Å²) in [5.74, 6) is 2.85. The van der Waals surface area contributed by atoms with Crippen LogP contribution < -0.4 is 5.73 Å². The fourth-order valence-electron chi connectivity index (χ4n) is 2.67. The molecule has 0 radical (unpaired) electrons. The van der Waals surface area contributed by atoms with Gasteiger partial charge < -0.3 is 10.3 Å². The molecule has 15 heavy (non-hydrogen) atoms. The predicted octanol–water partition coefficient (Wildman–Crippen LogP) is 1.73. The van der Waals surface area contributed by atoms with E-state index in [1.807, 2.05) is 0 Å². The summed E-state index contributed by atoms with van der Waals surface area (Å²) in [6.07, 6.45) is 7.83. The van der Waals surface area contributed by atoms with Crippen LogP contribution in [-0.2, 0) is 6.54 Å². The van der Waals surface area contributed by atoms with Gasteiger partial charge in [-0.1, -0.05) is 12.8 Å². The molecule has 0 unspecified atom stereocenters. The van der Waals surface area contributed by atoms with Crippen molar-refractivity contribution in [2.45, 2.75) is 57.0 Å². The molecule has 3 rings (SSSR count). The molecule has 2 saturated carbocycles. The summed E-state index contributed by atoms with van der Waals surface area (Å²) < 4.78 is 2.33. The van der Waals surface area contributed by atoms with Crippen LogP contribution in [0.4, 0.5) is 0 Å². The standard InChI is InChI=1S/C11H18N4/c12-7-10-13-14-11(8-3-1-2-4-8)15(10)9-5-6-9/h8-9H,1-7,12H2. The van der Waals surface area contributed by atoms with E-state index in [4.69, 9.17) is 5.73 Å². The molecule has 0 bridgehead atoms. The average Bonchev–Trinajstić information content (AvgIpc) is 2.83. The van der Waals surface area contributed by atoms with E-state index in [9.17, 15) is 0 Å². The van der Waals surface area contributed by atoms with E-state index in [2.05, 4.69) is 14.8 Å². The summed E-state index contributed by atoms with van der Waals surface area (Å²) in [5, 5.41) is 8.59. The highest BCUT2D eigenvalue weighted by molar-refractivity contribution is 5.08. The molecule has 0 aliphatic heterocycles. The Balaban J connectivity index is 1.94. The van der Waals surface area contributed by atoms with E-state index in [0.717, 1.165) is 5.82 Å². The van der Waals surface area contributed by atoms with Gasteiger partial charge in [0.2, 0.25) is 0 Å². The van der Waals surface area contributed by atoms with E-state index in [1.165, 1.54) is 44.3 Å². The van der Waals surface area contributed by atoms with Crippen LogP contribution in [0.2, 0.25) is 0 Å². The number of hydrogen-bond donors (Lipinski definition) is 1. The number of aromatic nitrogens is 3. The highest BCUT2D eigenvalue weighted by Crippen LogP contribution is 2.41. The van der Waals surface area contributed by atoms with Crippen molar-refractivity contribution in [2.24, 2.45) is 5.73 Å². The van der Waals surface area contributed by atoms with Gasteiger partial charge in [-0.3, -0.25) is 0 Å². The van der Waals surface area contributed by atoms with Crippen molar-refractivity contribution >= 4 is 0 Å². The molecule has 0 amide bonds. The largest absolute Gasteiger partial charge is 0.324 e. The highest BCUT2D eigenvalue weighted by atomic mass is 15.3. The molecule has 0 aromatic carbocycles. The minimum Gasteiger partial charge on any atom is -0.324 e. The molecule has 2 N–H and O–H groups in total. The first-order valence-corrected chi connectivity index (χ1v) is 6.04. The van der Waals surface area contributed by atoms with Crippen LogP contribution in [0.5, 0.6) is 0 Å². The third-order valence-corrected chi connectivity index (χ3v) is 3.61. The first-order chi connectivity index (χ1) is 7.40. The van der Waals surface area contributed by atoms with Gasteiger partial charge in [0.1, 0.15) is 11.6 Å². The summed E-state index contributed by atoms with van der Waals surface area (Å²) in [6.45, 7) is 0.524. The molecular formula is C11H18N4. The van der Waals surface area contributed by atoms with E-state index in [-0.39, 0.29) is 0 Å². The summed E-state index contributed by atoms with van der Waals surface area (Å²) in [4.78, 5) is 0. The monoisotopic (exact) mass is 206 g/mol. The van der Waals surface area contributed by atoms with Gasteiger partial charge in [-0.25, -0.2) is 0 Å². The van der Waals surface area contributed by atoms with E-state index in [1.54, 1.807) is 0 Å². The SMILES string of the molecule is NCc1nnc(C2CCCC2)n1C1CC1. The molecule has 1 heterocycles. The molecule has 2 aliphatic rings. The molecule has 0 saturated heterocycles.